The predicted molar refractivity (Wildman–Crippen MR) is 69.6 cm³/mol. The topological polar surface area (TPSA) is 33.3 Å². The highest BCUT2D eigenvalue weighted by Crippen LogP contribution is 2.30. The van der Waals surface area contributed by atoms with Crippen molar-refractivity contribution in [2.75, 3.05) is 32.6 Å². The maximum atomic E-state index is 5.35. The monoisotopic (exact) mass is 222 g/mol. The number of hydrogen-bond donors (Lipinski definition) is 2. The molecule has 0 saturated carbocycles. The Morgan fingerprint density at radius 1 is 1.12 bits per heavy atom. The molecule has 0 bridgehead atoms. The van der Waals surface area contributed by atoms with E-state index < -0.39 is 0 Å². The van der Waals surface area contributed by atoms with Gasteiger partial charge >= 0.3 is 0 Å². The summed E-state index contributed by atoms with van der Waals surface area (Å²) < 4.78 is 5.35. The lowest BCUT2D eigenvalue weighted by atomic mass is 10.0. The average Bonchev–Trinajstić information content (AvgIpc) is 2.28. The molecule has 3 nitrogen and oxygen atoms in total. The van der Waals surface area contributed by atoms with Crippen molar-refractivity contribution in [1.82, 2.24) is 5.32 Å². The van der Waals surface area contributed by atoms with Crippen LogP contribution < -0.4 is 15.4 Å². The van der Waals surface area contributed by atoms with Gasteiger partial charge in [-0.2, -0.15) is 0 Å². The lowest BCUT2D eigenvalue weighted by Crippen LogP contribution is -2.18. The Balaban J connectivity index is 2.96. The highest BCUT2D eigenvalue weighted by Gasteiger charge is 2.09. The van der Waals surface area contributed by atoms with Crippen LogP contribution in [-0.4, -0.2) is 27.2 Å². The molecule has 3 heteroatoms. The van der Waals surface area contributed by atoms with Crippen molar-refractivity contribution in [2.24, 2.45) is 0 Å². The molecule has 0 saturated heterocycles. The molecule has 0 fully saturated rings. The summed E-state index contributed by atoms with van der Waals surface area (Å²) in [5, 5.41) is 6.58. The van der Waals surface area contributed by atoms with E-state index in [-0.39, 0.29) is 0 Å². The van der Waals surface area contributed by atoms with Crippen LogP contribution in [-0.2, 0) is 0 Å². The van der Waals surface area contributed by atoms with E-state index in [1.54, 1.807) is 7.11 Å². The van der Waals surface area contributed by atoms with E-state index in [2.05, 4.69) is 37.5 Å². The summed E-state index contributed by atoms with van der Waals surface area (Å²) in [6.07, 6.45) is 0. The number of aryl methyl sites for hydroxylation is 1. The van der Waals surface area contributed by atoms with Crippen LogP contribution in [0.1, 0.15) is 16.7 Å². The zero-order valence-corrected chi connectivity index (χ0v) is 10.9. The summed E-state index contributed by atoms with van der Waals surface area (Å²) in [6, 6.07) is 2.09. The van der Waals surface area contributed by atoms with Crippen molar-refractivity contribution in [1.29, 1.82) is 0 Å². The average molecular weight is 222 g/mol. The Kier molecular flexibility index (Phi) is 4.62. The molecule has 90 valence electrons. The third-order valence-corrected chi connectivity index (χ3v) is 2.95. The third-order valence-electron chi connectivity index (χ3n) is 2.95. The summed E-state index contributed by atoms with van der Waals surface area (Å²) >= 11 is 0. The van der Waals surface area contributed by atoms with Crippen LogP contribution in [0.2, 0.25) is 0 Å². The molecule has 0 unspecified atom stereocenters. The quantitative estimate of drug-likeness (QED) is 0.750. The highest BCUT2D eigenvalue weighted by atomic mass is 16.5. The normalized spacial score (nSPS) is 10.3. The molecule has 1 aromatic carbocycles. The highest BCUT2D eigenvalue weighted by molar-refractivity contribution is 5.63. The molecule has 0 heterocycles. The second-order valence-electron chi connectivity index (χ2n) is 4.05. The molecule has 0 amide bonds. The number of anilines is 1. The molecule has 0 aromatic heterocycles. The maximum absolute atomic E-state index is 5.35. The molecular weight excluding hydrogens is 200 g/mol. The van der Waals surface area contributed by atoms with Gasteiger partial charge in [-0.25, -0.2) is 0 Å². The molecule has 16 heavy (non-hydrogen) atoms. The van der Waals surface area contributed by atoms with Gasteiger partial charge in [-0.3, -0.25) is 0 Å². The first-order valence-electron chi connectivity index (χ1n) is 5.65. The van der Waals surface area contributed by atoms with Gasteiger partial charge in [-0.05, 0) is 50.6 Å². The Morgan fingerprint density at radius 2 is 1.81 bits per heavy atom. The van der Waals surface area contributed by atoms with Crippen LogP contribution in [0.4, 0.5) is 5.69 Å². The van der Waals surface area contributed by atoms with E-state index in [4.69, 9.17) is 4.74 Å². The standard InChI is InChI=1S/C13H22N2O/c1-9-8-12(16-5)10(2)11(3)13(9)15-7-6-14-4/h8,14-15H,6-7H2,1-5H3. The van der Waals surface area contributed by atoms with Gasteiger partial charge < -0.3 is 15.4 Å². The lowest BCUT2D eigenvalue weighted by Gasteiger charge is -2.17. The van der Waals surface area contributed by atoms with Gasteiger partial charge in [0.25, 0.3) is 0 Å². The molecular formula is C13H22N2O. The first kappa shape index (κ1) is 12.8. The van der Waals surface area contributed by atoms with Gasteiger partial charge in [0.1, 0.15) is 5.75 Å². The van der Waals surface area contributed by atoms with Crippen molar-refractivity contribution in [3.63, 3.8) is 0 Å². The molecule has 1 aromatic rings. The predicted octanol–water partition coefficient (Wildman–Crippen LogP) is 2.25. The van der Waals surface area contributed by atoms with E-state index in [0.29, 0.717) is 0 Å². The van der Waals surface area contributed by atoms with E-state index in [1.165, 1.54) is 22.4 Å². The Morgan fingerprint density at radius 3 is 2.38 bits per heavy atom. The van der Waals surface area contributed by atoms with Crippen LogP contribution in [0.5, 0.6) is 5.75 Å². The molecule has 0 aliphatic rings. The first-order chi connectivity index (χ1) is 7.61. The molecule has 0 aliphatic carbocycles. The van der Waals surface area contributed by atoms with Gasteiger partial charge in [-0.1, -0.05) is 0 Å². The second kappa shape index (κ2) is 5.75. The van der Waals surface area contributed by atoms with Crippen molar-refractivity contribution in [3.8, 4) is 5.75 Å². The van der Waals surface area contributed by atoms with Crippen LogP contribution in [0, 0.1) is 20.8 Å². The summed E-state index contributed by atoms with van der Waals surface area (Å²) in [5.41, 5.74) is 4.94. The molecule has 0 atom stereocenters. The van der Waals surface area contributed by atoms with E-state index >= 15 is 0 Å². The van der Waals surface area contributed by atoms with Crippen molar-refractivity contribution >= 4 is 5.69 Å². The molecule has 0 spiro atoms. The Bertz CT molecular complexity index is 361. The number of rotatable bonds is 5. The smallest absolute Gasteiger partial charge is 0.122 e. The second-order valence-corrected chi connectivity index (χ2v) is 4.05. The Labute approximate surface area is 98.2 Å². The summed E-state index contributed by atoms with van der Waals surface area (Å²) in [5.74, 6) is 0.967. The minimum atomic E-state index is 0.934. The van der Waals surface area contributed by atoms with Crippen molar-refractivity contribution in [3.05, 3.63) is 22.8 Å². The van der Waals surface area contributed by atoms with Crippen LogP contribution in [0.3, 0.4) is 0 Å². The first-order valence-corrected chi connectivity index (χ1v) is 5.65. The number of ether oxygens (including phenoxy) is 1. The number of likely N-dealkylation sites (N-methyl/N-ethyl adjacent to an activating group) is 1. The van der Waals surface area contributed by atoms with E-state index in [9.17, 15) is 0 Å². The zero-order chi connectivity index (χ0) is 12.1. The molecule has 1 rings (SSSR count). The number of benzene rings is 1. The summed E-state index contributed by atoms with van der Waals surface area (Å²) in [4.78, 5) is 0. The largest absolute Gasteiger partial charge is 0.496 e. The van der Waals surface area contributed by atoms with Crippen molar-refractivity contribution < 1.29 is 4.74 Å². The minimum Gasteiger partial charge on any atom is -0.496 e. The summed E-state index contributed by atoms with van der Waals surface area (Å²) in [7, 11) is 3.68. The molecule has 0 radical (unpaired) electrons. The van der Waals surface area contributed by atoms with Gasteiger partial charge in [0, 0.05) is 18.8 Å². The van der Waals surface area contributed by atoms with Gasteiger partial charge in [0.15, 0.2) is 0 Å². The van der Waals surface area contributed by atoms with Crippen molar-refractivity contribution in [2.45, 2.75) is 20.8 Å². The fourth-order valence-electron chi connectivity index (χ4n) is 1.84. The lowest BCUT2D eigenvalue weighted by molar-refractivity contribution is 0.411. The van der Waals surface area contributed by atoms with Crippen LogP contribution in [0.15, 0.2) is 6.07 Å². The summed E-state index contributed by atoms with van der Waals surface area (Å²) in [6.45, 7) is 8.23. The van der Waals surface area contributed by atoms with Crippen LogP contribution >= 0.6 is 0 Å². The van der Waals surface area contributed by atoms with Gasteiger partial charge in [-0.15, -0.1) is 0 Å². The minimum absolute atomic E-state index is 0.934. The fourth-order valence-corrected chi connectivity index (χ4v) is 1.84. The van der Waals surface area contributed by atoms with E-state index in [1.807, 2.05) is 7.05 Å². The number of methoxy groups -OCH3 is 1. The fraction of sp³-hybridized carbons (Fsp3) is 0.538. The van der Waals surface area contributed by atoms with E-state index in [0.717, 1.165) is 18.8 Å². The van der Waals surface area contributed by atoms with Gasteiger partial charge in [0.05, 0.1) is 7.11 Å². The Hall–Kier alpha value is -1.22. The third kappa shape index (κ3) is 2.67. The number of hydrogen-bond acceptors (Lipinski definition) is 3. The maximum Gasteiger partial charge on any atom is 0.122 e. The zero-order valence-electron chi connectivity index (χ0n) is 10.9. The molecule has 0 aliphatic heterocycles. The van der Waals surface area contributed by atoms with Crippen LogP contribution in [0.25, 0.3) is 0 Å². The molecule has 2 N–H and O–H groups in total. The SMILES string of the molecule is CNCCNc1c(C)cc(OC)c(C)c1C. The number of nitrogens with one attached hydrogen (secondary N) is 2. The van der Waals surface area contributed by atoms with Gasteiger partial charge in [0.2, 0.25) is 0 Å².